The lowest BCUT2D eigenvalue weighted by Crippen LogP contribution is -2.07. The quantitative estimate of drug-likeness (QED) is 0.134. The topological polar surface area (TPSA) is 123 Å². The summed E-state index contributed by atoms with van der Waals surface area (Å²) in [5.74, 6) is 1.38. The first-order valence-corrected chi connectivity index (χ1v) is 21.7. The summed E-state index contributed by atoms with van der Waals surface area (Å²) >= 11 is 0. The molecule has 0 N–H and O–H groups in total. The van der Waals surface area contributed by atoms with Crippen molar-refractivity contribution in [1.29, 1.82) is 0 Å². The molecule has 16 heteroatoms. The summed E-state index contributed by atoms with van der Waals surface area (Å²) < 4.78 is 72.5. The van der Waals surface area contributed by atoms with Crippen LogP contribution in [0.4, 0.5) is 0 Å². The Morgan fingerprint density at radius 3 is 0.915 bits per heavy atom. The van der Waals surface area contributed by atoms with Gasteiger partial charge in [0.2, 0.25) is 0 Å². The molecule has 1 aliphatic rings. The van der Waals surface area contributed by atoms with Gasteiger partial charge < -0.3 is 31.7 Å². The molecule has 0 spiro atoms. The normalized spacial score (nSPS) is 19.5. The second-order valence-corrected chi connectivity index (χ2v) is 18.7. The molecule has 1 aliphatic heterocycles. The molecule has 0 saturated carbocycles. The molecule has 47 heavy (non-hydrogen) atoms. The van der Waals surface area contributed by atoms with Gasteiger partial charge in [-0.2, -0.15) is 0 Å². The van der Waals surface area contributed by atoms with Crippen LogP contribution < -0.4 is 13.6 Å². The molecule has 0 amide bonds. The molecular formula is C31H46N4O8P4. The molecule has 0 saturated heterocycles. The second-order valence-electron chi connectivity index (χ2n) is 10.1. The Kier molecular flexibility index (Phi) is 13.5. The first-order chi connectivity index (χ1) is 22.5. The first-order valence-electron chi connectivity index (χ1n) is 15.6. The van der Waals surface area contributed by atoms with E-state index in [9.17, 15) is 0 Å². The highest BCUT2D eigenvalue weighted by Crippen LogP contribution is 2.80. The molecule has 0 fully saturated rings. The predicted octanol–water partition coefficient (Wildman–Crippen LogP) is 12.1. The third-order valence-corrected chi connectivity index (χ3v) is 17.7. The maximum Gasteiger partial charge on any atom is 0.458 e. The zero-order chi connectivity index (χ0) is 34.0. The molecule has 12 nitrogen and oxygen atoms in total. The van der Waals surface area contributed by atoms with Gasteiger partial charge in [-0.1, -0.05) is 53.1 Å². The first kappa shape index (κ1) is 37.6. The van der Waals surface area contributed by atoms with Crippen molar-refractivity contribution in [3.05, 3.63) is 89.5 Å². The lowest BCUT2D eigenvalue weighted by molar-refractivity contribution is 0.246. The van der Waals surface area contributed by atoms with Crippen molar-refractivity contribution in [3.63, 3.8) is 0 Å². The zero-order valence-electron chi connectivity index (χ0n) is 28.3. The number of rotatable bonds is 16. The maximum atomic E-state index is 6.76. The smallest absolute Gasteiger partial charge is 0.422 e. The highest BCUT2D eigenvalue weighted by molar-refractivity contribution is 7.78. The fourth-order valence-electron chi connectivity index (χ4n) is 4.18. The number of nitrogens with zero attached hydrogens (tertiary/aromatic N) is 4. The molecular weight excluding hydrogens is 680 g/mol. The van der Waals surface area contributed by atoms with Gasteiger partial charge in [-0.3, -0.25) is 4.52 Å². The minimum Gasteiger partial charge on any atom is -0.422 e. The molecule has 0 aromatic heterocycles. The van der Waals surface area contributed by atoms with Crippen molar-refractivity contribution >= 4 is 30.6 Å². The van der Waals surface area contributed by atoms with Gasteiger partial charge in [0.25, 0.3) is 0 Å². The SMILES string of the molecule is CCOP1(OCC)=NP(OCC)(OCC)=NP(OCC)(Oc2ccc(C)cc2)=NP(Oc2ccc(C)cc2)(Oc2ccc(C)cc2)=N1. The summed E-state index contributed by atoms with van der Waals surface area (Å²) in [4.78, 5) is 0. The van der Waals surface area contributed by atoms with E-state index in [4.69, 9.17) is 54.3 Å². The molecule has 0 radical (unpaired) electrons. The molecule has 3 aromatic rings. The summed E-state index contributed by atoms with van der Waals surface area (Å²) in [5, 5.41) is 0. The minimum absolute atomic E-state index is 0.178. The van der Waals surface area contributed by atoms with Crippen LogP contribution in [0.25, 0.3) is 0 Å². The van der Waals surface area contributed by atoms with Gasteiger partial charge in [-0.25, -0.2) is 0 Å². The van der Waals surface area contributed by atoms with Crippen LogP contribution >= 0.6 is 30.6 Å². The van der Waals surface area contributed by atoms with Gasteiger partial charge in [-0.05, 0) is 91.8 Å². The van der Waals surface area contributed by atoms with Crippen LogP contribution in [0, 0.1) is 20.8 Å². The van der Waals surface area contributed by atoms with E-state index >= 15 is 0 Å². The highest BCUT2D eigenvalue weighted by atomic mass is 31.3. The number of aryl methyl sites for hydroxylation is 3. The van der Waals surface area contributed by atoms with E-state index < -0.39 is 30.6 Å². The summed E-state index contributed by atoms with van der Waals surface area (Å²) in [6, 6.07) is 22.5. The Morgan fingerprint density at radius 1 is 0.362 bits per heavy atom. The lowest BCUT2D eigenvalue weighted by Gasteiger charge is -2.32. The van der Waals surface area contributed by atoms with Crippen LogP contribution in [0.1, 0.15) is 51.3 Å². The standard InChI is InChI=1S/C31H46N4O8P4/c1-9-36-44(37-10-2)32-45(38-11-3,39-12-4)34-47(42-30-22-16-27(7)17-23-30,43-31-24-18-28(8)19-25-31)35-46(33-44,40-13-5)41-29-20-14-26(6)15-21-29/h14-25H,9-13H2,1-8H3. The molecule has 1 unspecified atom stereocenters. The molecule has 3 aromatic carbocycles. The fraction of sp³-hybridized carbons (Fsp3) is 0.419. The van der Waals surface area contributed by atoms with Gasteiger partial charge in [0, 0.05) is 0 Å². The Bertz CT molecular complexity index is 1630. The molecule has 4 rings (SSSR count). The van der Waals surface area contributed by atoms with Crippen LogP contribution in [0.3, 0.4) is 0 Å². The number of benzene rings is 3. The maximum absolute atomic E-state index is 6.76. The Balaban J connectivity index is 2.20. The van der Waals surface area contributed by atoms with Gasteiger partial charge in [-0.15, -0.1) is 18.1 Å². The Morgan fingerprint density at radius 2 is 0.596 bits per heavy atom. The van der Waals surface area contributed by atoms with E-state index in [1.54, 1.807) is 0 Å². The van der Waals surface area contributed by atoms with Crippen molar-refractivity contribution in [2.75, 3.05) is 33.0 Å². The lowest BCUT2D eigenvalue weighted by atomic mass is 10.2. The van der Waals surface area contributed by atoms with Crippen LogP contribution in [-0.2, 0) is 22.6 Å². The third-order valence-electron chi connectivity index (χ3n) is 6.13. The van der Waals surface area contributed by atoms with Crippen molar-refractivity contribution in [1.82, 2.24) is 0 Å². The number of hydrogen-bond donors (Lipinski definition) is 0. The monoisotopic (exact) mass is 726 g/mol. The highest BCUT2D eigenvalue weighted by Gasteiger charge is 2.45. The summed E-state index contributed by atoms with van der Waals surface area (Å²) in [7, 11) is -15.0. The van der Waals surface area contributed by atoms with Crippen LogP contribution in [-0.4, -0.2) is 33.0 Å². The summed E-state index contributed by atoms with van der Waals surface area (Å²) in [6.45, 7) is 16.2. The largest absolute Gasteiger partial charge is 0.458 e. The Hall–Kier alpha value is -2.22. The van der Waals surface area contributed by atoms with Crippen molar-refractivity contribution in [2.45, 2.75) is 55.4 Å². The second kappa shape index (κ2) is 16.9. The summed E-state index contributed by atoms with van der Waals surface area (Å²) in [5.41, 5.74) is 3.15. The molecule has 1 atom stereocenters. The average Bonchev–Trinajstić information content (AvgIpc) is 3.01. The summed E-state index contributed by atoms with van der Waals surface area (Å²) in [6.07, 6.45) is 0. The molecule has 0 bridgehead atoms. The molecule has 0 aliphatic carbocycles. The number of hydrogen-bond acceptors (Lipinski definition) is 12. The average molecular weight is 727 g/mol. The molecule has 1 heterocycles. The van der Waals surface area contributed by atoms with Gasteiger partial charge in [0.15, 0.2) is 0 Å². The van der Waals surface area contributed by atoms with Crippen LogP contribution in [0.5, 0.6) is 17.2 Å². The van der Waals surface area contributed by atoms with Crippen LogP contribution in [0.15, 0.2) is 90.9 Å². The van der Waals surface area contributed by atoms with E-state index in [2.05, 4.69) is 0 Å². The minimum atomic E-state index is -3.94. The van der Waals surface area contributed by atoms with Gasteiger partial charge >= 0.3 is 30.6 Å². The molecule has 258 valence electrons. The van der Waals surface area contributed by atoms with Gasteiger partial charge in [0.1, 0.15) is 17.2 Å². The predicted molar refractivity (Wildman–Crippen MR) is 191 cm³/mol. The van der Waals surface area contributed by atoms with E-state index in [0.717, 1.165) is 16.7 Å². The Labute approximate surface area is 279 Å². The van der Waals surface area contributed by atoms with Gasteiger partial charge in [0.05, 0.1) is 33.0 Å². The van der Waals surface area contributed by atoms with E-state index in [-0.39, 0.29) is 33.0 Å². The van der Waals surface area contributed by atoms with Crippen molar-refractivity contribution in [2.24, 2.45) is 18.1 Å². The van der Waals surface area contributed by atoms with E-state index in [1.807, 2.05) is 128 Å². The fourth-order valence-corrected chi connectivity index (χ4v) is 16.7. The van der Waals surface area contributed by atoms with Crippen LogP contribution in [0.2, 0.25) is 0 Å². The van der Waals surface area contributed by atoms with E-state index in [0.29, 0.717) is 17.2 Å². The van der Waals surface area contributed by atoms with Crippen molar-refractivity contribution in [3.8, 4) is 17.2 Å². The van der Waals surface area contributed by atoms with E-state index in [1.165, 1.54) is 0 Å². The third kappa shape index (κ3) is 10.1. The van der Waals surface area contributed by atoms with Crippen molar-refractivity contribution < 1.29 is 36.2 Å². The zero-order valence-corrected chi connectivity index (χ0v) is 31.9.